The number of nitrogens with zero attached hydrogens (tertiary/aromatic N) is 4. The first-order chi connectivity index (χ1) is 9.69. The van der Waals surface area contributed by atoms with Crippen LogP contribution in [-0.4, -0.2) is 33.4 Å². The molecule has 0 bridgehead atoms. The zero-order valence-electron chi connectivity index (χ0n) is 11.4. The highest BCUT2D eigenvalue weighted by molar-refractivity contribution is 6.31. The molecule has 6 nitrogen and oxygen atoms in total. The standard InChI is InChI=1S/C13H16ClN5O/c1-8-5-11(12(20-2)6-10(8)14)19-13(16-17-18-19)7-15-9-3-4-9/h5-6,9,15H,3-4,7H2,1-2H3. The number of benzene rings is 1. The molecule has 0 radical (unpaired) electrons. The van der Waals surface area contributed by atoms with Crippen molar-refractivity contribution in [3.05, 3.63) is 28.5 Å². The number of halogens is 1. The number of tetrazole rings is 1. The number of nitrogens with one attached hydrogen (secondary N) is 1. The first-order valence-electron chi connectivity index (χ1n) is 6.54. The summed E-state index contributed by atoms with van der Waals surface area (Å²) in [6.07, 6.45) is 2.45. The van der Waals surface area contributed by atoms with Gasteiger partial charge < -0.3 is 10.1 Å². The summed E-state index contributed by atoms with van der Waals surface area (Å²) in [5.41, 5.74) is 1.76. The molecule has 20 heavy (non-hydrogen) atoms. The highest BCUT2D eigenvalue weighted by atomic mass is 35.5. The Morgan fingerprint density at radius 3 is 2.95 bits per heavy atom. The Labute approximate surface area is 122 Å². The molecule has 1 fully saturated rings. The van der Waals surface area contributed by atoms with Crippen molar-refractivity contribution in [2.75, 3.05) is 7.11 Å². The zero-order valence-corrected chi connectivity index (χ0v) is 12.2. The SMILES string of the molecule is COc1cc(Cl)c(C)cc1-n1nnnc1CNC1CC1. The lowest BCUT2D eigenvalue weighted by Crippen LogP contribution is -2.19. The van der Waals surface area contributed by atoms with Crippen LogP contribution in [0.1, 0.15) is 24.2 Å². The zero-order chi connectivity index (χ0) is 14.1. The fourth-order valence-electron chi connectivity index (χ4n) is 2.00. The van der Waals surface area contributed by atoms with Crippen LogP contribution in [0.2, 0.25) is 5.02 Å². The molecular formula is C13H16ClN5O. The van der Waals surface area contributed by atoms with Gasteiger partial charge in [-0.15, -0.1) is 5.10 Å². The lowest BCUT2D eigenvalue weighted by atomic mass is 10.2. The molecule has 2 aromatic rings. The number of methoxy groups -OCH3 is 1. The highest BCUT2D eigenvalue weighted by Crippen LogP contribution is 2.29. The van der Waals surface area contributed by atoms with Crippen molar-refractivity contribution >= 4 is 11.6 Å². The quantitative estimate of drug-likeness (QED) is 0.912. The summed E-state index contributed by atoms with van der Waals surface area (Å²) in [7, 11) is 1.61. The molecule has 106 valence electrons. The van der Waals surface area contributed by atoms with Crippen molar-refractivity contribution in [1.82, 2.24) is 25.5 Å². The number of hydrogen-bond acceptors (Lipinski definition) is 5. The molecule has 1 aromatic heterocycles. The Balaban J connectivity index is 1.95. The van der Waals surface area contributed by atoms with Crippen LogP contribution in [-0.2, 0) is 6.54 Å². The molecule has 0 unspecified atom stereocenters. The van der Waals surface area contributed by atoms with Gasteiger partial charge in [-0.2, -0.15) is 4.68 Å². The lowest BCUT2D eigenvalue weighted by molar-refractivity contribution is 0.410. The third-order valence-corrected chi connectivity index (χ3v) is 3.76. The monoisotopic (exact) mass is 293 g/mol. The minimum atomic E-state index is 0.606. The molecule has 1 aliphatic rings. The van der Waals surface area contributed by atoms with Gasteiger partial charge in [0.05, 0.1) is 13.7 Å². The smallest absolute Gasteiger partial charge is 0.170 e. The summed E-state index contributed by atoms with van der Waals surface area (Å²) in [5, 5.41) is 16.0. The van der Waals surface area contributed by atoms with Crippen molar-refractivity contribution in [3.63, 3.8) is 0 Å². The van der Waals surface area contributed by atoms with Gasteiger partial charge in [0.2, 0.25) is 0 Å². The molecule has 1 saturated carbocycles. The topological polar surface area (TPSA) is 64.9 Å². The minimum absolute atomic E-state index is 0.606. The van der Waals surface area contributed by atoms with E-state index in [2.05, 4.69) is 20.8 Å². The fourth-order valence-corrected chi connectivity index (χ4v) is 2.16. The third-order valence-electron chi connectivity index (χ3n) is 3.35. The van der Waals surface area contributed by atoms with E-state index in [9.17, 15) is 0 Å². The Bertz CT molecular complexity index is 623. The first kappa shape index (κ1) is 13.3. The van der Waals surface area contributed by atoms with Crippen molar-refractivity contribution in [2.45, 2.75) is 32.4 Å². The van der Waals surface area contributed by atoms with Gasteiger partial charge in [-0.3, -0.25) is 0 Å². The summed E-state index contributed by atoms with van der Waals surface area (Å²) in [5.74, 6) is 1.41. The normalized spacial score (nSPS) is 14.6. The van der Waals surface area contributed by atoms with Crippen LogP contribution >= 0.6 is 11.6 Å². The van der Waals surface area contributed by atoms with Crippen LogP contribution in [0.3, 0.4) is 0 Å². The molecule has 1 heterocycles. The van der Waals surface area contributed by atoms with E-state index < -0.39 is 0 Å². The maximum absolute atomic E-state index is 6.12. The molecule has 3 rings (SSSR count). The second-order valence-electron chi connectivity index (χ2n) is 4.94. The summed E-state index contributed by atoms with van der Waals surface area (Å²) in [6.45, 7) is 2.58. The van der Waals surface area contributed by atoms with E-state index >= 15 is 0 Å². The maximum atomic E-state index is 6.12. The summed E-state index contributed by atoms with van der Waals surface area (Å²) in [6, 6.07) is 4.32. The van der Waals surface area contributed by atoms with Crippen LogP contribution in [0.4, 0.5) is 0 Å². The minimum Gasteiger partial charge on any atom is -0.494 e. The predicted octanol–water partition coefficient (Wildman–Crippen LogP) is 1.88. The van der Waals surface area contributed by atoms with Gasteiger partial charge in [0, 0.05) is 17.1 Å². The predicted molar refractivity (Wildman–Crippen MR) is 75.3 cm³/mol. The van der Waals surface area contributed by atoms with E-state index in [4.69, 9.17) is 16.3 Å². The maximum Gasteiger partial charge on any atom is 0.170 e. The van der Waals surface area contributed by atoms with Crippen molar-refractivity contribution < 1.29 is 4.74 Å². The largest absolute Gasteiger partial charge is 0.494 e. The van der Waals surface area contributed by atoms with Gasteiger partial charge in [0.15, 0.2) is 5.82 Å². The van der Waals surface area contributed by atoms with E-state index in [0.29, 0.717) is 23.4 Å². The van der Waals surface area contributed by atoms with Crippen LogP contribution < -0.4 is 10.1 Å². The van der Waals surface area contributed by atoms with E-state index in [1.807, 2.05) is 13.0 Å². The van der Waals surface area contributed by atoms with Crippen LogP contribution in [0, 0.1) is 6.92 Å². The third kappa shape index (κ3) is 2.62. The first-order valence-corrected chi connectivity index (χ1v) is 6.92. The summed E-state index contributed by atoms with van der Waals surface area (Å²) >= 11 is 6.12. The van der Waals surface area contributed by atoms with Crippen LogP contribution in [0.15, 0.2) is 12.1 Å². The van der Waals surface area contributed by atoms with E-state index in [-0.39, 0.29) is 0 Å². The molecule has 7 heteroatoms. The van der Waals surface area contributed by atoms with Gasteiger partial charge in [-0.25, -0.2) is 0 Å². The van der Waals surface area contributed by atoms with E-state index in [1.165, 1.54) is 12.8 Å². The van der Waals surface area contributed by atoms with Crippen molar-refractivity contribution in [2.24, 2.45) is 0 Å². The van der Waals surface area contributed by atoms with Crippen LogP contribution in [0.5, 0.6) is 5.75 Å². The van der Waals surface area contributed by atoms with Gasteiger partial charge >= 0.3 is 0 Å². The Kier molecular flexibility index (Phi) is 3.58. The molecule has 1 N–H and O–H groups in total. The van der Waals surface area contributed by atoms with Gasteiger partial charge in [-0.05, 0) is 41.8 Å². The lowest BCUT2D eigenvalue weighted by Gasteiger charge is -2.12. The fraction of sp³-hybridized carbons (Fsp3) is 0.462. The highest BCUT2D eigenvalue weighted by Gasteiger charge is 2.22. The number of rotatable bonds is 5. The molecule has 1 aliphatic carbocycles. The molecule has 1 aromatic carbocycles. The van der Waals surface area contributed by atoms with Gasteiger partial charge in [0.1, 0.15) is 11.4 Å². The Morgan fingerprint density at radius 1 is 1.45 bits per heavy atom. The number of hydrogen-bond donors (Lipinski definition) is 1. The average molecular weight is 294 g/mol. The summed E-state index contributed by atoms with van der Waals surface area (Å²) in [4.78, 5) is 0. The second kappa shape index (κ2) is 5.38. The Morgan fingerprint density at radius 2 is 2.25 bits per heavy atom. The van der Waals surface area contributed by atoms with Crippen molar-refractivity contribution in [3.8, 4) is 11.4 Å². The second-order valence-corrected chi connectivity index (χ2v) is 5.34. The van der Waals surface area contributed by atoms with Gasteiger partial charge in [-0.1, -0.05) is 11.6 Å². The number of aryl methyl sites for hydroxylation is 1. The van der Waals surface area contributed by atoms with E-state index in [1.54, 1.807) is 17.9 Å². The van der Waals surface area contributed by atoms with Gasteiger partial charge in [0.25, 0.3) is 0 Å². The molecule has 0 atom stereocenters. The number of ether oxygens (including phenoxy) is 1. The molecule has 0 aliphatic heterocycles. The average Bonchev–Trinajstić information content (AvgIpc) is 3.16. The molecule has 0 spiro atoms. The van der Waals surface area contributed by atoms with E-state index in [0.717, 1.165) is 17.1 Å². The summed E-state index contributed by atoms with van der Waals surface area (Å²) < 4.78 is 7.07. The van der Waals surface area contributed by atoms with Crippen LogP contribution in [0.25, 0.3) is 5.69 Å². The van der Waals surface area contributed by atoms with Crippen molar-refractivity contribution in [1.29, 1.82) is 0 Å². The molecule has 0 saturated heterocycles. The molecular weight excluding hydrogens is 278 g/mol. The Hall–Kier alpha value is -1.66. The number of aromatic nitrogens is 4. The molecule has 0 amide bonds.